The fourth-order valence-electron chi connectivity index (χ4n) is 3.12. The number of hydrogen-bond acceptors (Lipinski definition) is 3. The van der Waals surface area contributed by atoms with E-state index < -0.39 is 5.82 Å². The minimum Gasteiger partial charge on any atom is -0.350 e. The van der Waals surface area contributed by atoms with Crippen molar-refractivity contribution in [1.82, 2.24) is 15.2 Å². The van der Waals surface area contributed by atoms with E-state index in [1.807, 2.05) is 31.4 Å². The lowest BCUT2D eigenvalue weighted by Crippen LogP contribution is -2.34. The van der Waals surface area contributed by atoms with Crippen molar-refractivity contribution in [3.8, 4) is 0 Å². The van der Waals surface area contributed by atoms with Gasteiger partial charge in [0.1, 0.15) is 5.82 Å². The summed E-state index contributed by atoms with van der Waals surface area (Å²) in [5.74, 6) is -0.956. The number of hydrogen-bond donors (Lipinski definition) is 2. The lowest BCUT2D eigenvalue weighted by molar-refractivity contribution is 0.0927. The second-order valence-corrected chi connectivity index (χ2v) is 7.96. The molecule has 0 saturated carbocycles. The first-order valence-corrected chi connectivity index (χ1v) is 10.3. The maximum absolute atomic E-state index is 13.6. The van der Waals surface area contributed by atoms with E-state index in [0.29, 0.717) is 11.1 Å². The van der Waals surface area contributed by atoms with Crippen LogP contribution in [-0.4, -0.2) is 29.5 Å². The molecule has 2 heterocycles. The van der Waals surface area contributed by atoms with Crippen LogP contribution in [0.2, 0.25) is 0 Å². The SMILES string of the molecule is Cc1ccc(C(=O)NCCNC(=O)c2cc(C)n(Cc3cccs3)c2C)cc1F. The average molecular weight is 414 g/mol. The Balaban J connectivity index is 1.53. The molecule has 0 radical (unpaired) electrons. The maximum atomic E-state index is 13.6. The smallest absolute Gasteiger partial charge is 0.253 e. The molecule has 0 fully saturated rings. The molecular weight excluding hydrogens is 389 g/mol. The number of aryl methyl sites for hydroxylation is 2. The molecule has 0 aliphatic carbocycles. The maximum Gasteiger partial charge on any atom is 0.253 e. The largest absolute Gasteiger partial charge is 0.350 e. The lowest BCUT2D eigenvalue weighted by atomic mass is 10.1. The molecule has 0 spiro atoms. The highest BCUT2D eigenvalue weighted by atomic mass is 32.1. The highest BCUT2D eigenvalue weighted by Crippen LogP contribution is 2.19. The fraction of sp³-hybridized carbons (Fsp3) is 0.273. The van der Waals surface area contributed by atoms with Gasteiger partial charge in [-0.1, -0.05) is 12.1 Å². The molecule has 1 aromatic carbocycles. The molecule has 0 unspecified atom stereocenters. The quantitative estimate of drug-likeness (QED) is 0.579. The summed E-state index contributed by atoms with van der Waals surface area (Å²) >= 11 is 1.69. The van der Waals surface area contributed by atoms with Crippen LogP contribution in [-0.2, 0) is 6.54 Å². The second kappa shape index (κ2) is 9.05. The number of carbonyl (C=O) groups excluding carboxylic acids is 2. The Bertz CT molecular complexity index is 1030. The Labute approximate surface area is 173 Å². The lowest BCUT2D eigenvalue weighted by Gasteiger charge is -2.09. The molecule has 2 aromatic heterocycles. The van der Waals surface area contributed by atoms with Gasteiger partial charge in [0, 0.05) is 34.9 Å². The predicted octanol–water partition coefficient (Wildman–Crippen LogP) is 3.82. The van der Waals surface area contributed by atoms with E-state index in [0.717, 1.165) is 17.9 Å². The first-order chi connectivity index (χ1) is 13.9. The van der Waals surface area contributed by atoms with E-state index in [4.69, 9.17) is 0 Å². The minimum absolute atomic E-state index is 0.175. The van der Waals surface area contributed by atoms with Gasteiger partial charge in [0.2, 0.25) is 0 Å². The third-order valence-corrected chi connectivity index (χ3v) is 5.70. The monoisotopic (exact) mass is 413 g/mol. The molecule has 2 amide bonds. The standard InChI is InChI=1S/C22H24FN3O2S/c1-14-6-7-17(12-20(14)23)21(27)24-8-9-25-22(28)19-11-15(2)26(16(19)3)13-18-5-4-10-29-18/h4-7,10-12H,8-9,13H2,1-3H3,(H,24,27)(H,25,28). The first-order valence-electron chi connectivity index (χ1n) is 9.38. The molecule has 0 bridgehead atoms. The van der Waals surface area contributed by atoms with E-state index in [2.05, 4.69) is 21.3 Å². The summed E-state index contributed by atoms with van der Waals surface area (Å²) in [5.41, 5.74) is 3.32. The van der Waals surface area contributed by atoms with Gasteiger partial charge in [0.25, 0.3) is 11.8 Å². The molecule has 0 aliphatic rings. The van der Waals surface area contributed by atoms with Crippen LogP contribution in [0, 0.1) is 26.6 Å². The molecule has 152 valence electrons. The van der Waals surface area contributed by atoms with Crippen LogP contribution in [0.1, 0.15) is 42.5 Å². The molecule has 0 atom stereocenters. The normalized spacial score (nSPS) is 10.8. The van der Waals surface area contributed by atoms with Gasteiger partial charge in [0.05, 0.1) is 12.1 Å². The molecule has 2 N–H and O–H groups in total. The van der Waals surface area contributed by atoms with Crippen LogP contribution in [0.15, 0.2) is 41.8 Å². The fourth-order valence-corrected chi connectivity index (χ4v) is 3.81. The summed E-state index contributed by atoms with van der Waals surface area (Å²) < 4.78 is 15.7. The third-order valence-electron chi connectivity index (χ3n) is 4.84. The van der Waals surface area contributed by atoms with Crippen molar-refractivity contribution in [2.75, 3.05) is 13.1 Å². The Morgan fingerprint density at radius 1 is 1.03 bits per heavy atom. The van der Waals surface area contributed by atoms with Crippen molar-refractivity contribution in [1.29, 1.82) is 0 Å². The van der Waals surface area contributed by atoms with Gasteiger partial charge in [0.15, 0.2) is 0 Å². The zero-order chi connectivity index (χ0) is 21.0. The van der Waals surface area contributed by atoms with E-state index in [1.54, 1.807) is 30.4 Å². The number of rotatable bonds is 7. The van der Waals surface area contributed by atoms with Crippen molar-refractivity contribution in [2.45, 2.75) is 27.3 Å². The molecule has 29 heavy (non-hydrogen) atoms. The Kier molecular flexibility index (Phi) is 6.49. The van der Waals surface area contributed by atoms with Crippen LogP contribution in [0.3, 0.4) is 0 Å². The van der Waals surface area contributed by atoms with Crippen LogP contribution in [0.5, 0.6) is 0 Å². The molecule has 7 heteroatoms. The Morgan fingerprint density at radius 3 is 2.41 bits per heavy atom. The van der Waals surface area contributed by atoms with E-state index in [-0.39, 0.29) is 30.5 Å². The van der Waals surface area contributed by atoms with Gasteiger partial charge in [-0.15, -0.1) is 11.3 Å². The summed E-state index contributed by atoms with van der Waals surface area (Å²) in [5, 5.41) is 7.56. The van der Waals surface area contributed by atoms with Gasteiger partial charge in [-0.2, -0.15) is 0 Å². The van der Waals surface area contributed by atoms with Crippen LogP contribution in [0.25, 0.3) is 0 Å². The van der Waals surface area contributed by atoms with E-state index in [9.17, 15) is 14.0 Å². The number of aromatic nitrogens is 1. The van der Waals surface area contributed by atoms with Crippen molar-refractivity contribution in [3.63, 3.8) is 0 Å². The molecule has 3 rings (SSSR count). The first kappa shape index (κ1) is 20.8. The molecule has 3 aromatic rings. The van der Waals surface area contributed by atoms with Crippen molar-refractivity contribution in [3.05, 3.63) is 80.6 Å². The van der Waals surface area contributed by atoms with E-state index >= 15 is 0 Å². The Morgan fingerprint density at radius 2 is 1.76 bits per heavy atom. The zero-order valence-corrected chi connectivity index (χ0v) is 17.5. The number of benzene rings is 1. The average Bonchev–Trinajstić information content (AvgIpc) is 3.30. The van der Waals surface area contributed by atoms with Crippen LogP contribution < -0.4 is 10.6 Å². The van der Waals surface area contributed by atoms with Crippen LogP contribution >= 0.6 is 11.3 Å². The molecular formula is C22H24FN3O2S. The summed E-state index contributed by atoms with van der Waals surface area (Å²) in [7, 11) is 0. The summed E-state index contributed by atoms with van der Waals surface area (Å²) in [6, 6.07) is 10.3. The molecule has 5 nitrogen and oxygen atoms in total. The number of nitrogens with zero attached hydrogens (tertiary/aromatic N) is 1. The third kappa shape index (κ3) is 4.92. The predicted molar refractivity (Wildman–Crippen MR) is 113 cm³/mol. The summed E-state index contributed by atoms with van der Waals surface area (Å²) in [6.07, 6.45) is 0. The number of thiophene rings is 1. The topological polar surface area (TPSA) is 63.1 Å². The molecule has 0 aliphatic heterocycles. The number of amides is 2. The summed E-state index contributed by atoms with van der Waals surface area (Å²) in [6.45, 7) is 6.85. The van der Waals surface area contributed by atoms with E-state index in [1.165, 1.54) is 10.9 Å². The van der Waals surface area contributed by atoms with Gasteiger partial charge >= 0.3 is 0 Å². The molecule has 0 saturated heterocycles. The Hall–Kier alpha value is -2.93. The summed E-state index contributed by atoms with van der Waals surface area (Å²) in [4.78, 5) is 25.9. The highest BCUT2D eigenvalue weighted by molar-refractivity contribution is 7.09. The van der Waals surface area contributed by atoms with Gasteiger partial charge in [-0.05, 0) is 56.0 Å². The van der Waals surface area contributed by atoms with Gasteiger partial charge in [-0.3, -0.25) is 9.59 Å². The minimum atomic E-state index is -0.413. The van der Waals surface area contributed by atoms with Crippen molar-refractivity contribution >= 4 is 23.2 Å². The van der Waals surface area contributed by atoms with Gasteiger partial charge < -0.3 is 15.2 Å². The number of halogens is 1. The van der Waals surface area contributed by atoms with Crippen LogP contribution in [0.4, 0.5) is 4.39 Å². The van der Waals surface area contributed by atoms with Crippen molar-refractivity contribution in [2.24, 2.45) is 0 Å². The number of carbonyl (C=O) groups is 2. The zero-order valence-electron chi connectivity index (χ0n) is 16.7. The van der Waals surface area contributed by atoms with Gasteiger partial charge in [-0.25, -0.2) is 4.39 Å². The highest BCUT2D eigenvalue weighted by Gasteiger charge is 2.16. The number of nitrogens with one attached hydrogen (secondary N) is 2. The van der Waals surface area contributed by atoms with Crippen molar-refractivity contribution < 1.29 is 14.0 Å². The second-order valence-electron chi connectivity index (χ2n) is 6.93.